The first kappa shape index (κ1) is 9.69. The van der Waals surface area contributed by atoms with Gasteiger partial charge in [-0.2, -0.15) is 5.26 Å². The number of hydrogen-bond acceptors (Lipinski definition) is 3. The maximum Gasteiger partial charge on any atom is 0.227 e. The van der Waals surface area contributed by atoms with Crippen LogP contribution in [0.1, 0.15) is 17.7 Å². The van der Waals surface area contributed by atoms with Crippen LogP contribution < -0.4 is 4.90 Å². The van der Waals surface area contributed by atoms with Crippen molar-refractivity contribution in [2.75, 3.05) is 11.4 Å². The smallest absolute Gasteiger partial charge is 0.227 e. The first-order valence-corrected chi connectivity index (χ1v) is 5.83. The Bertz CT molecular complexity index is 421. The summed E-state index contributed by atoms with van der Waals surface area (Å²) in [6.07, 6.45) is 1.54. The fourth-order valence-corrected chi connectivity index (χ4v) is 3.04. The molecule has 2 rings (SSSR count). The number of thiophene rings is 1. The molecule has 0 N–H and O–H groups in total. The third-order valence-electron chi connectivity index (χ3n) is 2.11. The van der Waals surface area contributed by atoms with E-state index in [4.69, 9.17) is 5.26 Å². The molecule has 1 amide bonds. The molecule has 1 fully saturated rings. The molecule has 2 heterocycles. The molecule has 0 unspecified atom stereocenters. The van der Waals surface area contributed by atoms with Gasteiger partial charge in [-0.05, 0) is 28.4 Å². The third-order valence-corrected chi connectivity index (χ3v) is 4.07. The Hall–Kier alpha value is -0.860. The highest BCUT2D eigenvalue weighted by atomic mass is 79.9. The number of nitriles is 1. The van der Waals surface area contributed by atoms with Crippen LogP contribution in [0.3, 0.4) is 0 Å². The van der Waals surface area contributed by atoms with Crippen molar-refractivity contribution >= 4 is 38.2 Å². The fourth-order valence-electron chi connectivity index (χ4n) is 1.45. The van der Waals surface area contributed by atoms with Crippen molar-refractivity contribution in [3.63, 3.8) is 0 Å². The molecule has 3 nitrogen and oxygen atoms in total. The fraction of sp³-hybridized carbons (Fsp3) is 0.333. The largest absolute Gasteiger partial charge is 0.304 e. The second-order valence-corrected chi connectivity index (χ2v) is 4.91. The van der Waals surface area contributed by atoms with Gasteiger partial charge in [0.1, 0.15) is 10.9 Å². The van der Waals surface area contributed by atoms with Gasteiger partial charge >= 0.3 is 0 Å². The molecule has 0 bridgehead atoms. The molecule has 1 saturated heterocycles. The quantitative estimate of drug-likeness (QED) is 0.787. The summed E-state index contributed by atoms with van der Waals surface area (Å²) in [5.41, 5.74) is 0. The molecule has 0 aliphatic carbocycles. The lowest BCUT2D eigenvalue weighted by Crippen LogP contribution is -2.22. The maximum absolute atomic E-state index is 11.4. The molecule has 72 valence electrons. The van der Waals surface area contributed by atoms with E-state index in [0.29, 0.717) is 11.3 Å². The maximum atomic E-state index is 11.4. The van der Waals surface area contributed by atoms with Gasteiger partial charge in [-0.15, -0.1) is 11.3 Å². The van der Waals surface area contributed by atoms with Crippen LogP contribution in [0.4, 0.5) is 5.00 Å². The molecule has 0 aromatic carbocycles. The van der Waals surface area contributed by atoms with E-state index in [1.54, 1.807) is 4.90 Å². The van der Waals surface area contributed by atoms with Gasteiger partial charge in [0.05, 0.1) is 5.00 Å². The normalized spacial score (nSPS) is 16.0. The first-order chi connectivity index (χ1) is 6.72. The summed E-state index contributed by atoms with van der Waals surface area (Å²) < 4.78 is 0.778. The molecule has 1 aliphatic rings. The summed E-state index contributed by atoms with van der Waals surface area (Å²) in [5, 5.41) is 9.64. The molecule has 0 spiro atoms. The van der Waals surface area contributed by atoms with Gasteiger partial charge < -0.3 is 4.90 Å². The van der Waals surface area contributed by atoms with Gasteiger partial charge in [0.15, 0.2) is 0 Å². The van der Waals surface area contributed by atoms with E-state index in [-0.39, 0.29) is 5.91 Å². The van der Waals surface area contributed by atoms with E-state index < -0.39 is 0 Å². The van der Waals surface area contributed by atoms with Gasteiger partial charge in [0, 0.05) is 17.4 Å². The van der Waals surface area contributed by atoms with Gasteiger partial charge in [-0.3, -0.25) is 4.79 Å². The highest BCUT2D eigenvalue weighted by molar-refractivity contribution is 9.10. The molecule has 5 heteroatoms. The highest BCUT2D eigenvalue weighted by Crippen LogP contribution is 2.35. The van der Waals surface area contributed by atoms with Crippen LogP contribution in [0.2, 0.25) is 0 Å². The van der Waals surface area contributed by atoms with Crippen molar-refractivity contribution in [3.05, 3.63) is 15.4 Å². The van der Waals surface area contributed by atoms with Crippen LogP contribution in [-0.2, 0) is 4.79 Å². The standard InChI is InChI=1S/C9H7BrN2OS/c10-6-4-9(14-7(6)5-11)12-3-1-2-8(12)13/h4H,1-3H2. The lowest BCUT2D eigenvalue weighted by atomic mass is 10.4. The van der Waals surface area contributed by atoms with Crippen LogP contribution in [0.5, 0.6) is 0 Å². The Labute approximate surface area is 94.1 Å². The zero-order chi connectivity index (χ0) is 10.1. The molecular weight excluding hydrogens is 264 g/mol. The average Bonchev–Trinajstić information content (AvgIpc) is 2.71. The Morgan fingerprint density at radius 1 is 1.64 bits per heavy atom. The van der Waals surface area contributed by atoms with E-state index in [0.717, 1.165) is 22.4 Å². The Balaban J connectivity index is 2.33. The third kappa shape index (κ3) is 1.56. The summed E-state index contributed by atoms with van der Waals surface area (Å²) in [6, 6.07) is 3.93. The zero-order valence-corrected chi connectivity index (χ0v) is 9.69. The lowest BCUT2D eigenvalue weighted by molar-refractivity contribution is -0.117. The number of hydrogen-bond donors (Lipinski definition) is 0. The summed E-state index contributed by atoms with van der Waals surface area (Å²) in [7, 11) is 0. The van der Waals surface area contributed by atoms with E-state index >= 15 is 0 Å². The number of carbonyl (C=O) groups excluding carboxylic acids is 1. The van der Waals surface area contributed by atoms with Crippen molar-refractivity contribution in [2.24, 2.45) is 0 Å². The van der Waals surface area contributed by atoms with Crippen molar-refractivity contribution in [1.82, 2.24) is 0 Å². The van der Waals surface area contributed by atoms with Crippen LogP contribution in [0, 0.1) is 11.3 Å². The van der Waals surface area contributed by atoms with Crippen molar-refractivity contribution in [3.8, 4) is 6.07 Å². The summed E-state index contributed by atoms with van der Waals surface area (Å²) in [6.45, 7) is 0.774. The minimum absolute atomic E-state index is 0.156. The predicted octanol–water partition coefficient (Wildman–Crippen LogP) is 2.51. The molecule has 0 saturated carbocycles. The number of anilines is 1. The Kier molecular flexibility index (Phi) is 2.57. The van der Waals surface area contributed by atoms with Gasteiger partial charge in [-0.1, -0.05) is 0 Å². The van der Waals surface area contributed by atoms with Gasteiger partial charge in [0.25, 0.3) is 0 Å². The number of amides is 1. The Morgan fingerprint density at radius 3 is 2.93 bits per heavy atom. The molecule has 0 atom stereocenters. The number of nitrogens with zero attached hydrogens (tertiary/aromatic N) is 2. The minimum atomic E-state index is 0.156. The molecule has 1 aromatic rings. The molecule has 14 heavy (non-hydrogen) atoms. The number of halogens is 1. The van der Waals surface area contributed by atoms with Gasteiger partial charge in [0.2, 0.25) is 5.91 Å². The Morgan fingerprint density at radius 2 is 2.43 bits per heavy atom. The van der Waals surface area contributed by atoms with E-state index in [9.17, 15) is 4.79 Å². The van der Waals surface area contributed by atoms with E-state index in [1.807, 2.05) is 6.07 Å². The predicted molar refractivity (Wildman–Crippen MR) is 58.3 cm³/mol. The van der Waals surface area contributed by atoms with Crippen LogP contribution in [0.25, 0.3) is 0 Å². The van der Waals surface area contributed by atoms with E-state index in [1.165, 1.54) is 11.3 Å². The second kappa shape index (κ2) is 3.71. The summed E-state index contributed by atoms with van der Waals surface area (Å²) >= 11 is 4.65. The molecular formula is C9H7BrN2OS. The van der Waals surface area contributed by atoms with Gasteiger partial charge in [-0.25, -0.2) is 0 Å². The summed E-state index contributed by atoms with van der Waals surface area (Å²) in [4.78, 5) is 13.8. The second-order valence-electron chi connectivity index (χ2n) is 3.02. The van der Waals surface area contributed by atoms with Crippen molar-refractivity contribution in [1.29, 1.82) is 5.26 Å². The monoisotopic (exact) mass is 270 g/mol. The molecule has 0 radical (unpaired) electrons. The van der Waals surface area contributed by atoms with Crippen molar-refractivity contribution in [2.45, 2.75) is 12.8 Å². The molecule has 1 aliphatic heterocycles. The topological polar surface area (TPSA) is 44.1 Å². The lowest BCUT2D eigenvalue weighted by Gasteiger charge is -2.11. The van der Waals surface area contributed by atoms with Crippen molar-refractivity contribution < 1.29 is 4.79 Å². The number of rotatable bonds is 1. The van der Waals surface area contributed by atoms with Crippen LogP contribution in [-0.4, -0.2) is 12.5 Å². The van der Waals surface area contributed by atoms with Crippen LogP contribution >= 0.6 is 27.3 Å². The molecule has 1 aromatic heterocycles. The highest BCUT2D eigenvalue weighted by Gasteiger charge is 2.23. The zero-order valence-electron chi connectivity index (χ0n) is 7.29. The average molecular weight is 271 g/mol. The minimum Gasteiger partial charge on any atom is -0.304 e. The van der Waals surface area contributed by atoms with Crippen LogP contribution in [0.15, 0.2) is 10.5 Å². The van der Waals surface area contributed by atoms with E-state index in [2.05, 4.69) is 22.0 Å². The SMILES string of the molecule is N#Cc1sc(N2CCCC2=O)cc1Br. The first-order valence-electron chi connectivity index (χ1n) is 4.22. The summed E-state index contributed by atoms with van der Waals surface area (Å²) in [5.74, 6) is 0.156. The number of carbonyl (C=O) groups is 1.